The Bertz CT molecular complexity index is 418. The lowest BCUT2D eigenvalue weighted by Crippen LogP contribution is -2.54. The summed E-state index contributed by atoms with van der Waals surface area (Å²) in [6.45, 7) is 14.8. The van der Waals surface area contributed by atoms with Gasteiger partial charge >= 0.3 is 0 Å². The zero-order valence-corrected chi connectivity index (χ0v) is 13.0. The molecule has 0 bridgehead atoms. The van der Waals surface area contributed by atoms with E-state index in [1.165, 1.54) is 11.3 Å². The molecule has 0 saturated carbocycles. The quantitative estimate of drug-likeness (QED) is 0.876. The van der Waals surface area contributed by atoms with E-state index in [1.54, 1.807) is 0 Å². The second kappa shape index (κ2) is 5.54. The van der Waals surface area contributed by atoms with Crippen molar-refractivity contribution in [2.24, 2.45) is 5.92 Å². The van der Waals surface area contributed by atoms with Gasteiger partial charge in [-0.3, -0.25) is 0 Å². The molecule has 0 radical (unpaired) electrons. The fourth-order valence-corrected chi connectivity index (χ4v) is 2.98. The maximum absolute atomic E-state index is 3.53. The Morgan fingerprint density at radius 3 is 2.53 bits per heavy atom. The second-order valence-corrected chi connectivity index (χ2v) is 6.98. The summed E-state index contributed by atoms with van der Waals surface area (Å²) in [5.74, 6) is 0.667. The van der Waals surface area contributed by atoms with Crippen molar-refractivity contribution in [1.82, 2.24) is 5.32 Å². The van der Waals surface area contributed by atoms with Gasteiger partial charge in [0.25, 0.3) is 0 Å². The summed E-state index contributed by atoms with van der Waals surface area (Å²) in [6.07, 6.45) is 0. The van der Waals surface area contributed by atoms with Gasteiger partial charge in [-0.1, -0.05) is 52.8 Å². The summed E-state index contributed by atoms with van der Waals surface area (Å²) < 4.78 is 0. The first kappa shape index (κ1) is 14.4. The number of hydrogen-bond donors (Lipinski definition) is 1. The maximum atomic E-state index is 3.53. The van der Waals surface area contributed by atoms with Crippen LogP contribution in [0.3, 0.4) is 0 Å². The lowest BCUT2D eigenvalue weighted by molar-refractivity contribution is 0.388. The Kier molecular flexibility index (Phi) is 4.19. The van der Waals surface area contributed by atoms with E-state index in [9.17, 15) is 0 Å². The standard InChI is InChI=1S/C17H28N2/c1-13(2)16-12-18-10-11-19(16)15-9-7-6-8-14(15)17(3,4)5/h6-9,13,16,18H,10-12H2,1-5H3. The largest absolute Gasteiger partial charge is 0.365 e. The van der Waals surface area contributed by atoms with Gasteiger partial charge in [0.2, 0.25) is 0 Å². The van der Waals surface area contributed by atoms with E-state index in [0.717, 1.165) is 19.6 Å². The lowest BCUT2D eigenvalue weighted by Gasteiger charge is -2.42. The predicted molar refractivity (Wildman–Crippen MR) is 84.0 cm³/mol. The van der Waals surface area contributed by atoms with Crippen molar-refractivity contribution in [2.75, 3.05) is 24.5 Å². The summed E-state index contributed by atoms with van der Waals surface area (Å²) in [5, 5.41) is 3.53. The van der Waals surface area contributed by atoms with Crippen LogP contribution in [-0.2, 0) is 5.41 Å². The number of para-hydroxylation sites is 1. The molecular weight excluding hydrogens is 232 g/mol. The van der Waals surface area contributed by atoms with Crippen LogP contribution in [0.4, 0.5) is 5.69 Å². The number of piperazine rings is 1. The van der Waals surface area contributed by atoms with Crippen molar-refractivity contribution >= 4 is 5.69 Å². The molecule has 106 valence electrons. The number of nitrogens with one attached hydrogen (secondary N) is 1. The van der Waals surface area contributed by atoms with Crippen molar-refractivity contribution < 1.29 is 0 Å². The van der Waals surface area contributed by atoms with Crippen LogP contribution < -0.4 is 10.2 Å². The van der Waals surface area contributed by atoms with Crippen molar-refractivity contribution in [2.45, 2.75) is 46.1 Å². The summed E-state index contributed by atoms with van der Waals surface area (Å²) in [4.78, 5) is 2.61. The lowest BCUT2D eigenvalue weighted by atomic mass is 9.84. The molecule has 0 aliphatic carbocycles. The van der Waals surface area contributed by atoms with Crippen LogP contribution in [0.15, 0.2) is 24.3 Å². The first-order chi connectivity index (χ1) is 8.91. The minimum absolute atomic E-state index is 0.197. The second-order valence-electron chi connectivity index (χ2n) is 6.98. The van der Waals surface area contributed by atoms with Crippen molar-refractivity contribution in [3.05, 3.63) is 29.8 Å². The van der Waals surface area contributed by atoms with Gasteiger partial charge in [0, 0.05) is 31.4 Å². The van der Waals surface area contributed by atoms with Crippen LogP contribution >= 0.6 is 0 Å². The van der Waals surface area contributed by atoms with Gasteiger partial charge in [0.05, 0.1) is 0 Å². The third kappa shape index (κ3) is 3.11. The highest BCUT2D eigenvalue weighted by molar-refractivity contribution is 5.57. The molecule has 0 aromatic heterocycles. The zero-order valence-electron chi connectivity index (χ0n) is 13.0. The summed E-state index contributed by atoms with van der Waals surface area (Å²) in [7, 11) is 0. The van der Waals surface area contributed by atoms with Crippen molar-refractivity contribution in [3.63, 3.8) is 0 Å². The summed E-state index contributed by atoms with van der Waals surface area (Å²) in [5.41, 5.74) is 3.08. The van der Waals surface area contributed by atoms with Crippen LogP contribution in [0.2, 0.25) is 0 Å². The highest BCUT2D eigenvalue weighted by Crippen LogP contribution is 2.34. The highest BCUT2D eigenvalue weighted by Gasteiger charge is 2.28. The third-order valence-electron chi connectivity index (χ3n) is 4.07. The molecular formula is C17H28N2. The van der Waals surface area contributed by atoms with Crippen LogP contribution in [0.5, 0.6) is 0 Å². The molecule has 1 N–H and O–H groups in total. The van der Waals surface area contributed by atoms with Crippen LogP contribution in [-0.4, -0.2) is 25.7 Å². The van der Waals surface area contributed by atoms with Gasteiger partial charge in [0.15, 0.2) is 0 Å². The fraction of sp³-hybridized carbons (Fsp3) is 0.647. The van der Waals surface area contributed by atoms with Crippen molar-refractivity contribution in [1.29, 1.82) is 0 Å². The molecule has 2 heteroatoms. The maximum Gasteiger partial charge on any atom is 0.0438 e. The first-order valence-corrected chi connectivity index (χ1v) is 7.48. The Hall–Kier alpha value is -1.02. The van der Waals surface area contributed by atoms with E-state index in [-0.39, 0.29) is 5.41 Å². The number of nitrogens with zero attached hydrogens (tertiary/aromatic N) is 1. The molecule has 1 aliphatic rings. The van der Waals surface area contributed by atoms with E-state index >= 15 is 0 Å². The smallest absolute Gasteiger partial charge is 0.0438 e. The fourth-order valence-electron chi connectivity index (χ4n) is 2.98. The molecule has 1 unspecified atom stereocenters. The number of benzene rings is 1. The minimum atomic E-state index is 0.197. The summed E-state index contributed by atoms with van der Waals surface area (Å²) in [6, 6.07) is 9.51. The summed E-state index contributed by atoms with van der Waals surface area (Å²) >= 11 is 0. The van der Waals surface area contributed by atoms with E-state index in [4.69, 9.17) is 0 Å². The molecule has 1 heterocycles. The molecule has 1 saturated heterocycles. The van der Waals surface area contributed by atoms with Crippen LogP contribution in [0.1, 0.15) is 40.2 Å². The van der Waals surface area contributed by atoms with Gasteiger partial charge in [-0.2, -0.15) is 0 Å². The van der Waals surface area contributed by atoms with E-state index in [2.05, 4.69) is 69.1 Å². The van der Waals surface area contributed by atoms with Crippen molar-refractivity contribution in [3.8, 4) is 0 Å². The molecule has 1 aromatic rings. The molecule has 1 aliphatic heterocycles. The molecule has 2 rings (SSSR count). The van der Waals surface area contributed by atoms with Gasteiger partial charge in [-0.15, -0.1) is 0 Å². The molecule has 1 fully saturated rings. The molecule has 19 heavy (non-hydrogen) atoms. The number of rotatable bonds is 2. The average Bonchev–Trinajstić information content (AvgIpc) is 2.37. The molecule has 2 nitrogen and oxygen atoms in total. The minimum Gasteiger partial charge on any atom is -0.365 e. The van der Waals surface area contributed by atoms with Crippen LogP contribution in [0.25, 0.3) is 0 Å². The Balaban J connectivity index is 2.39. The molecule has 0 spiro atoms. The monoisotopic (exact) mass is 260 g/mol. The third-order valence-corrected chi connectivity index (χ3v) is 4.07. The van der Waals surface area contributed by atoms with E-state index in [0.29, 0.717) is 12.0 Å². The SMILES string of the molecule is CC(C)C1CNCCN1c1ccccc1C(C)(C)C. The van der Waals surface area contributed by atoms with Gasteiger partial charge < -0.3 is 10.2 Å². The normalized spacial score (nSPS) is 20.9. The van der Waals surface area contributed by atoms with Crippen LogP contribution in [0, 0.1) is 5.92 Å². The van der Waals surface area contributed by atoms with Gasteiger partial charge in [-0.05, 0) is 23.0 Å². The number of hydrogen-bond acceptors (Lipinski definition) is 2. The van der Waals surface area contributed by atoms with Gasteiger partial charge in [0.1, 0.15) is 0 Å². The average molecular weight is 260 g/mol. The topological polar surface area (TPSA) is 15.3 Å². The number of anilines is 1. The predicted octanol–water partition coefficient (Wildman–Crippen LogP) is 3.42. The first-order valence-electron chi connectivity index (χ1n) is 7.48. The Labute approximate surface area is 118 Å². The zero-order chi connectivity index (χ0) is 14.0. The molecule has 0 amide bonds. The highest BCUT2D eigenvalue weighted by atomic mass is 15.2. The molecule has 1 atom stereocenters. The molecule has 1 aromatic carbocycles. The van der Waals surface area contributed by atoms with E-state index in [1.807, 2.05) is 0 Å². The van der Waals surface area contributed by atoms with Gasteiger partial charge in [-0.25, -0.2) is 0 Å². The Morgan fingerprint density at radius 1 is 1.21 bits per heavy atom. The Morgan fingerprint density at radius 2 is 1.89 bits per heavy atom. The van der Waals surface area contributed by atoms with E-state index < -0.39 is 0 Å².